The Bertz CT molecular complexity index is 119. The van der Waals surface area contributed by atoms with E-state index < -0.39 is 0 Å². The average Bonchev–Trinajstić information content (AvgIpc) is 2.40. The fourth-order valence-electron chi connectivity index (χ4n) is 1.34. The molecule has 10 heavy (non-hydrogen) atoms. The number of hydrogen-bond donors (Lipinski definition) is 2. The van der Waals surface area contributed by atoms with Crippen molar-refractivity contribution in [2.45, 2.75) is 31.7 Å². The third kappa shape index (κ3) is 1.99. The molecule has 1 amide bonds. The summed E-state index contributed by atoms with van der Waals surface area (Å²) >= 11 is 0. The molecule has 0 aromatic rings. The molecule has 3 heteroatoms. The van der Waals surface area contributed by atoms with Crippen molar-refractivity contribution in [3.63, 3.8) is 0 Å². The monoisotopic (exact) mass is 143 g/mol. The quantitative estimate of drug-likeness (QED) is 0.573. The molecule has 0 spiro atoms. The molecule has 0 saturated heterocycles. The van der Waals surface area contributed by atoms with E-state index in [9.17, 15) is 4.79 Å². The van der Waals surface area contributed by atoms with Gasteiger partial charge in [-0.2, -0.15) is 0 Å². The summed E-state index contributed by atoms with van der Waals surface area (Å²) in [6.45, 7) is -0.378. The summed E-state index contributed by atoms with van der Waals surface area (Å²) in [6.07, 6.45) is 4.56. The van der Waals surface area contributed by atoms with Crippen LogP contribution in [0.5, 0.6) is 0 Å². The molecule has 1 saturated carbocycles. The van der Waals surface area contributed by atoms with Gasteiger partial charge in [0.05, 0.1) is 0 Å². The molecule has 0 radical (unpaired) electrons. The van der Waals surface area contributed by atoms with Gasteiger partial charge in [0, 0.05) is 6.04 Å². The van der Waals surface area contributed by atoms with Gasteiger partial charge in [-0.05, 0) is 12.8 Å². The second-order valence-corrected chi connectivity index (χ2v) is 2.71. The first-order valence-electron chi connectivity index (χ1n) is 3.73. The zero-order chi connectivity index (χ0) is 7.40. The lowest BCUT2D eigenvalue weighted by Crippen LogP contribution is -2.34. The Morgan fingerprint density at radius 3 is 2.60 bits per heavy atom. The van der Waals surface area contributed by atoms with Gasteiger partial charge in [-0.1, -0.05) is 12.8 Å². The summed E-state index contributed by atoms with van der Waals surface area (Å²) < 4.78 is 0. The fourth-order valence-corrected chi connectivity index (χ4v) is 1.34. The minimum atomic E-state index is -0.378. The van der Waals surface area contributed by atoms with Crippen LogP contribution in [0.4, 0.5) is 0 Å². The molecule has 0 unspecified atom stereocenters. The van der Waals surface area contributed by atoms with Gasteiger partial charge in [0.1, 0.15) is 6.61 Å². The third-order valence-electron chi connectivity index (χ3n) is 1.86. The minimum absolute atomic E-state index is 0.244. The highest BCUT2D eigenvalue weighted by Gasteiger charge is 2.15. The molecule has 3 nitrogen and oxygen atoms in total. The molecule has 1 fully saturated rings. The molecule has 0 atom stereocenters. The molecule has 0 aromatic carbocycles. The molecule has 58 valence electrons. The maximum absolute atomic E-state index is 10.6. The van der Waals surface area contributed by atoms with E-state index in [0.29, 0.717) is 6.04 Å². The molecule has 0 aromatic heterocycles. The number of amides is 1. The van der Waals surface area contributed by atoms with E-state index in [1.54, 1.807) is 0 Å². The molecule has 1 aliphatic rings. The highest BCUT2D eigenvalue weighted by Crippen LogP contribution is 2.17. The lowest BCUT2D eigenvalue weighted by molar-refractivity contribution is -0.124. The van der Waals surface area contributed by atoms with Crippen LogP contribution >= 0.6 is 0 Å². The van der Waals surface area contributed by atoms with Crippen molar-refractivity contribution < 1.29 is 9.90 Å². The summed E-state index contributed by atoms with van der Waals surface area (Å²) in [5.74, 6) is -0.244. The summed E-state index contributed by atoms with van der Waals surface area (Å²) in [5, 5.41) is 11.1. The first kappa shape index (κ1) is 7.54. The standard InChI is InChI=1S/C7H13NO2/c9-5-7(10)8-6-3-1-2-4-6/h6,9H,1-5H2,(H,8,10). The van der Waals surface area contributed by atoms with Gasteiger partial charge < -0.3 is 10.4 Å². The number of aliphatic hydroxyl groups excluding tert-OH is 1. The third-order valence-corrected chi connectivity index (χ3v) is 1.86. The van der Waals surface area contributed by atoms with Crippen LogP contribution in [0.2, 0.25) is 0 Å². The zero-order valence-electron chi connectivity index (χ0n) is 5.97. The molecule has 2 N–H and O–H groups in total. The number of carbonyl (C=O) groups is 1. The molecule has 0 aliphatic heterocycles. The summed E-state index contributed by atoms with van der Waals surface area (Å²) in [6, 6.07) is 0.333. The van der Waals surface area contributed by atoms with Crippen LogP contribution in [0.25, 0.3) is 0 Å². The summed E-state index contributed by atoms with van der Waals surface area (Å²) in [5.41, 5.74) is 0. The molecule has 1 rings (SSSR count). The molecule has 0 heterocycles. The van der Waals surface area contributed by atoms with E-state index in [1.807, 2.05) is 0 Å². The van der Waals surface area contributed by atoms with E-state index in [4.69, 9.17) is 5.11 Å². The lowest BCUT2D eigenvalue weighted by Gasteiger charge is -2.09. The number of hydrogen-bond acceptors (Lipinski definition) is 2. The Kier molecular flexibility index (Phi) is 2.68. The number of rotatable bonds is 2. The average molecular weight is 143 g/mol. The van der Waals surface area contributed by atoms with Gasteiger partial charge in [0.25, 0.3) is 0 Å². The zero-order valence-corrected chi connectivity index (χ0v) is 5.97. The topological polar surface area (TPSA) is 49.3 Å². The smallest absolute Gasteiger partial charge is 0.245 e. The number of aliphatic hydroxyl groups is 1. The van der Waals surface area contributed by atoms with Crippen LogP contribution in [0, 0.1) is 0 Å². The predicted molar refractivity (Wildman–Crippen MR) is 37.5 cm³/mol. The van der Waals surface area contributed by atoms with Crippen LogP contribution in [-0.2, 0) is 4.79 Å². The van der Waals surface area contributed by atoms with E-state index >= 15 is 0 Å². The normalized spacial score (nSPS) is 19.3. The van der Waals surface area contributed by atoms with Gasteiger partial charge in [-0.15, -0.1) is 0 Å². The highest BCUT2D eigenvalue weighted by atomic mass is 16.3. The maximum atomic E-state index is 10.6. The number of nitrogens with one attached hydrogen (secondary N) is 1. The summed E-state index contributed by atoms with van der Waals surface area (Å²) in [7, 11) is 0. The second-order valence-electron chi connectivity index (χ2n) is 2.71. The Morgan fingerprint density at radius 1 is 1.50 bits per heavy atom. The lowest BCUT2D eigenvalue weighted by atomic mass is 10.2. The van der Waals surface area contributed by atoms with Crippen LogP contribution < -0.4 is 5.32 Å². The van der Waals surface area contributed by atoms with Crippen LogP contribution in [0.1, 0.15) is 25.7 Å². The van der Waals surface area contributed by atoms with Crippen molar-refractivity contribution in [3.05, 3.63) is 0 Å². The summed E-state index contributed by atoms with van der Waals surface area (Å²) in [4.78, 5) is 10.6. The number of carbonyl (C=O) groups excluding carboxylic acids is 1. The maximum Gasteiger partial charge on any atom is 0.245 e. The molecule has 0 bridgehead atoms. The van der Waals surface area contributed by atoms with Crippen molar-refractivity contribution >= 4 is 5.91 Å². The largest absolute Gasteiger partial charge is 0.387 e. The Hall–Kier alpha value is -0.570. The predicted octanol–water partition coefficient (Wildman–Crippen LogP) is 0.0375. The van der Waals surface area contributed by atoms with Gasteiger partial charge >= 0.3 is 0 Å². The molecule has 1 aliphatic carbocycles. The van der Waals surface area contributed by atoms with E-state index in [0.717, 1.165) is 12.8 Å². The fraction of sp³-hybridized carbons (Fsp3) is 0.857. The Morgan fingerprint density at radius 2 is 2.10 bits per heavy atom. The molecular formula is C7H13NO2. The van der Waals surface area contributed by atoms with Crippen molar-refractivity contribution in [1.29, 1.82) is 0 Å². The molecular weight excluding hydrogens is 130 g/mol. The van der Waals surface area contributed by atoms with E-state index in [1.165, 1.54) is 12.8 Å². The van der Waals surface area contributed by atoms with E-state index in [-0.39, 0.29) is 12.5 Å². The van der Waals surface area contributed by atoms with Crippen LogP contribution in [-0.4, -0.2) is 23.7 Å². The first-order chi connectivity index (χ1) is 4.83. The van der Waals surface area contributed by atoms with Crippen LogP contribution in [0.3, 0.4) is 0 Å². The first-order valence-corrected chi connectivity index (χ1v) is 3.73. The van der Waals surface area contributed by atoms with Crippen molar-refractivity contribution in [2.75, 3.05) is 6.61 Å². The van der Waals surface area contributed by atoms with Gasteiger partial charge in [0.15, 0.2) is 0 Å². The SMILES string of the molecule is O=C(CO)NC1CCCC1. The van der Waals surface area contributed by atoms with Gasteiger partial charge in [-0.3, -0.25) is 4.79 Å². The van der Waals surface area contributed by atoms with E-state index in [2.05, 4.69) is 5.32 Å². The van der Waals surface area contributed by atoms with Crippen molar-refractivity contribution in [1.82, 2.24) is 5.32 Å². The van der Waals surface area contributed by atoms with Gasteiger partial charge in [-0.25, -0.2) is 0 Å². The Labute approximate surface area is 60.4 Å². The van der Waals surface area contributed by atoms with Gasteiger partial charge in [0.2, 0.25) is 5.91 Å². The highest BCUT2D eigenvalue weighted by molar-refractivity contribution is 5.77. The minimum Gasteiger partial charge on any atom is -0.387 e. The van der Waals surface area contributed by atoms with Crippen molar-refractivity contribution in [3.8, 4) is 0 Å². The van der Waals surface area contributed by atoms with Crippen LogP contribution in [0.15, 0.2) is 0 Å². The van der Waals surface area contributed by atoms with Crippen molar-refractivity contribution in [2.24, 2.45) is 0 Å². The second kappa shape index (κ2) is 3.56. The Balaban J connectivity index is 2.17.